The van der Waals surface area contributed by atoms with Crippen molar-refractivity contribution in [2.24, 2.45) is 11.8 Å². The number of halogens is 1. The minimum atomic E-state index is -0.221. The number of piperidine rings is 1. The van der Waals surface area contributed by atoms with Gasteiger partial charge in [-0.25, -0.2) is 0 Å². The number of hydrogen-bond acceptors (Lipinski definition) is 4. The van der Waals surface area contributed by atoms with Gasteiger partial charge in [0.25, 0.3) is 0 Å². The van der Waals surface area contributed by atoms with E-state index in [0.717, 1.165) is 13.1 Å². The van der Waals surface area contributed by atoms with Crippen LogP contribution >= 0.6 is 11.6 Å². The minimum Gasteiger partial charge on any atom is -0.406 e. The van der Waals surface area contributed by atoms with Gasteiger partial charge >= 0.3 is 6.01 Å². The van der Waals surface area contributed by atoms with Gasteiger partial charge in [-0.1, -0.05) is 18.9 Å². The van der Waals surface area contributed by atoms with Crippen molar-refractivity contribution in [2.45, 2.75) is 32.6 Å². The Kier molecular flexibility index (Phi) is 3.38. The molecule has 1 saturated heterocycles. The normalized spacial score (nSPS) is 28.1. The molecule has 16 heavy (non-hydrogen) atoms. The zero-order valence-corrected chi connectivity index (χ0v) is 10.7. The van der Waals surface area contributed by atoms with Crippen LogP contribution < -0.4 is 4.90 Å². The molecule has 0 aromatic carbocycles. The lowest BCUT2D eigenvalue weighted by Gasteiger charge is -2.33. The number of aromatic nitrogens is 2. The standard InChI is InChI=1S/C11H18ClN3O/c1-7-4-8(2)6-15(5-7)11-14-13-10(16-11)9(3)12/h7-9H,4-6H2,1-3H3. The molecular formula is C11H18ClN3O. The van der Waals surface area contributed by atoms with E-state index in [1.165, 1.54) is 6.42 Å². The highest BCUT2D eigenvalue weighted by Crippen LogP contribution is 2.27. The Labute approximate surface area is 101 Å². The molecule has 1 aromatic heterocycles. The molecule has 0 bridgehead atoms. The van der Waals surface area contributed by atoms with Crippen LogP contribution in [0.3, 0.4) is 0 Å². The average Bonchev–Trinajstić information content (AvgIpc) is 2.64. The van der Waals surface area contributed by atoms with Crippen molar-refractivity contribution in [3.05, 3.63) is 5.89 Å². The van der Waals surface area contributed by atoms with Gasteiger partial charge in [0.2, 0.25) is 5.89 Å². The summed E-state index contributed by atoms with van der Waals surface area (Å²) >= 11 is 5.90. The molecule has 1 aliphatic heterocycles. The molecule has 90 valence electrons. The second-order valence-electron chi connectivity index (χ2n) is 4.89. The maximum Gasteiger partial charge on any atom is 0.318 e. The van der Waals surface area contributed by atoms with E-state index < -0.39 is 0 Å². The Morgan fingerprint density at radius 1 is 1.31 bits per heavy atom. The molecule has 0 spiro atoms. The fourth-order valence-electron chi connectivity index (χ4n) is 2.33. The lowest BCUT2D eigenvalue weighted by Crippen LogP contribution is -2.38. The molecule has 2 rings (SSSR count). The molecule has 0 N–H and O–H groups in total. The second kappa shape index (κ2) is 4.62. The van der Waals surface area contributed by atoms with E-state index in [2.05, 4.69) is 28.9 Å². The van der Waals surface area contributed by atoms with E-state index in [4.69, 9.17) is 16.0 Å². The molecule has 2 heterocycles. The van der Waals surface area contributed by atoms with E-state index in [0.29, 0.717) is 23.7 Å². The Morgan fingerprint density at radius 3 is 2.44 bits per heavy atom. The first-order chi connectivity index (χ1) is 7.56. The van der Waals surface area contributed by atoms with Crippen molar-refractivity contribution in [2.75, 3.05) is 18.0 Å². The molecule has 5 heteroatoms. The molecule has 0 aliphatic carbocycles. The van der Waals surface area contributed by atoms with Gasteiger partial charge in [-0.05, 0) is 25.2 Å². The topological polar surface area (TPSA) is 42.2 Å². The van der Waals surface area contributed by atoms with Crippen molar-refractivity contribution in [1.82, 2.24) is 10.2 Å². The molecule has 3 unspecified atom stereocenters. The maximum absolute atomic E-state index is 5.90. The number of nitrogens with zero attached hydrogens (tertiary/aromatic N) is 3. The lowest BCUT2D eigenvalue weighted by molar-refractivity contribution is 0.338. The largest absolute Gasteiger partial charge is 0.406 e. The summed E-state index contributed by atoms with van der Waals surface area (Å²) in [5.74, 6) is 1.85. The quantitative estimate of drug-likeness (QED) is 0.749. The fraction of sp³-hybridized carbons (Fsp3) is 0.818. The number of rotatable bonds is 2. The van der Waals surface area contributed by atoms with Crippen LogP contribution in [0.2, 0.25) is 0 Å². The van der Waals surface area contributed by atoms with Crippen LogP contribution in [0.1, 0.15) is 38.5 Å². The van der Waals surface area contributed by atoms with Gasteiger partial charge in [-0.15, -0.1) is 16.7 Å². The van der Waals surface area contributed by atoms with Crippen LogP contribution in [0.15, 0.2) is 4.42 Å². The molecule has 4 nitrogen and oxygen atoms in total. The van der Waals surface area contributed by atoms with Crippen molar-refractivity contribution < 1.29 is 4.42 Å². The SMILES string of the molecule is CC1CC(C)CN(c2nnc(C(C)Cl)o2)C1. The van der Waals surface area contributed by atoms with Crippen LogP contribution in [0, 0.1) is 11.8 Å². The fourth-order valence-corrected chi connectivity index (χ4v) is 2.42. The molecular weight excluding hydrogens is 226 g/mol. The van der Waals surface area contributed by atoms with E-state index >= 15 is 0 Å². The summed E-state index contributed by atoms with van der Waals surface area (Å²) in [5, 5.41) is 7.78. The summed E-state index contributed by atoms with van der Waals surface area (Å²) in [6.07, 6.45) is 1.27. The third kappa shape index (κ3) is 2.48. The Bertz CT molecular complexity index is 343. The lowest BCUT2D eigenvalue weighted by atomic mass is 9.92. The second-order valence-corrected chi connectivity index (χ2v) is 5.54. The van der Waals surface area contributed by atoms with E-state index in [9.17, 15) is 0 Å². The molecule has 1 aromatic rings. The molecule has 3 atom stereocenters. The molecule has 1 fully saturated rings. The summed E-state index contributed by atoms with van der Waals surface area (Å²) in [5.41, 5.74) is 0. The minimum absolute atomic E-state index is 0.221. The van der Waals surface area contributed by atoms with Crippen LogP contribution in [-0.4, -0.2) is 23.3 Å². The van der Waals surface area contributed by atoms with E-state index in [-0.39, 0.29) is 5.38 Å². The van der Waals surface area contributed by atoms with Crippen LogP contribution in [-0.2, 0) is 0 Å². The summed E-state index contributed by atoms with van der Waals surface area (Å²) in [4.78, 5) is 2.16. The maximum atomic E-state index is 5.90. The monoisotopic (exact) mass is 243 g/mol. The highest BCUT2D eigenvalue weighted by atomic mass is 35.5. The molecule has 0 amide bonds. The van der Waals surface area contributed by atoms with Gasteiger partial charge in [0.15, 0.2) is 0 Å². The van der Waals surface area contributed by atoms with Crippen LogP contribution in [0.25, 0.3) is 0 Å². The first kappa shape index (κ1) is 11.7. The Morgan fingerprint density at radius 2 is 1.94 bits per heavy atom. The summed E-state index contributed by atoms with van der Waals surface area (Å²) in [7, 11) is 0. The first-order valence-electron chi connectivity index (χ1n) is 5.78. The number of anilines is 1. The predicted molar refractivity (Wildman–Crippen MR) is 63.7 cm³/mol. The van der Waals surface area contributed by atoms with Gasteiger partial charge in [-0.3, -0.25) is 0 Å². The zero-order chi connectivity index (χ0) is 11.7. The smallest absolute Gasteiger partial charge is 0.318 e. The van der Waals surface area contributed by atoms with Gasteiger partial charge in [-0.2, -0.15) is 0 Å². The highest BCUT2D eigenvalue weighted by molar-refractivity contribution is 6.20. The van der Waals surface area contributed by atoms with Crippen molar-refractivity contribution in [1.29, 1.82) is 0 Å². The third-order valence-corrected chi connectivity index (χ3v) is 3.10. The van der Waals surface area contributed by atoms with Gasteiger partial charge in [0.05, 0.1) is 0 Å². The van der Waals surface area contributed by atoms with Crippen molar-refractivity contribution in [3.8, 4) is 0 Å². The number of alkyl halides is 1. The van der Waals surface area contributed by atoms with Gasteiger partial charge in [0, 0.05) is 13.1 Å². The molecule has 1 aliphatic rings. The Balaban J connectivity index is 2.10. The van der Waals surface area contributed by atoms with Crippen LogP contribution in [0.4, 0.5) is 6.01 Å². The van der Waals surface area contributed by atoms with E-state index in [1.807, 2.05) is 6.92 Å². The first-order valence-corrected chi connectivity index (χ1v) is 6.22. The number of hydrogen-bond donors (Lipinski definition) is 0. The van der Waals surface area contributed by atoms with Crippen molar-refractivity contribution in [3.63, 3.8) is 0 Å². The summed E-state index contributed by atoms with van der Waals surface area (Å²) in [6, 6.07) is 0.612. The molecule has 0 saturated carbocycles. The van der Waals surface area contributed by atoms with Crippen LogP contribution in [0.5, 0.6) is 0 Å². The van der Waals surface area contributed by atoms with Gasteiger partial charge < -0.3 is 9.32 Å². The predicted octanol–water partition coefficient (Wildman–Crippen LogP) is 2.85. The summed E-state index contributed by atoms with van der Waals surface area (Å²) < 4.78 is 5.55. The average molecular weight is 244 g/mol. The van der Waals surface area contributed by atoms with E-state index in [1.54, 1.807) is 0 Å². The third-order valence-electron chi connectivity index (χ3n) is 2.91. The Hall–Kier alpha value is -0.770. The molecule has 0 radical (unpaired) electrons. The van der Waals surface area contributed by atoms with Gasteiger partial charge in [0.1, 0.15) is 5.38 Å². The highest BCUT2D eigenvalue weighted by Gasteiger charge is 2.25. The summed E-state index contributed by atoms with van der Waals surface area (Å²) in [6.45, 7) is 8.32. The van der Waals surface area contributed by atoms with Crippen molar-refractivity contribution >= 4 is 17.6 Å². The zero-order valence-electron chi connectivity index (χ0n) is 9.98.